The molecule has 7 heteroatoms. The summed E-state index contributed by atoms with van der Waals surface area (Å²) in [5.74, 6) is 3.70. The van der Waals surface area contributed by atoms with E-state index in [9.17, 15) is 4.79 Å². The van der Waals surface area contributed by atoms with Gasteiger partial charge < -0.3 is 9.88 Å². The first-order valence-corrected chi connectivity index (χ1v) is 11.5. The molecule has 1 N–H and O–H groups in total. The molecule has 4 bridgehead atoms. The normalized spacial score (nSPS) is 30.6. The molecule has 0 saturated heterocycles. The van der Waals surface area contributed by atoms with Crippen LogP contribution in [0.25, 0.3) is 11.4 Å². The Morgan fingerprint density at radius 3 is 2.46 bits per heavy atom. The highest BCUT2D eigenvalue weighted by Crippen LogP contribution is 2.55. The number of carbonyl (C=O) groups is 1. The zero-order valence-corrected chi connectivity index (χ0v) is 17.6. The molecule has 1 heterocycles. The average molecular weight is 417 g/mol. The van der Waals surface area contributed by atoms with Crippen LogP contribution in [-0.2, 0) is 11.8 Å². The van der Waals surface area contributed by atoms with Gasteiger partial charge in [-0.1, -0.05) is 35.5 Å². The van der Waals surface area contributed by atoms with Gasteiger partial charge in [0.2, 0.25) is 5.91 Å². The summed E-state index contributed by atoms with van der Waals surface area (Å²) in [7, 11) is 1.91. The van der Waals surface area contributed by atoms with Crippen LogP contribution in [0.5, 0.6) is 0 Å². The molecule has 0 spiro atoms. The Hall–Kier alpha value is -1.53. The van der Waals surface area contributed by atoms with Crippen LogP contribution in [0.3, 0.4) is 0 Å². The number of hydrogen-bond donors (Lipinski definition) is 1. The maximum absolute atomic E-state index is 12.7. The second-order valence-electron chi connectivity index (χ2n) is 8.88. The Balaban J connectivity index is 1.24. The van der Waals surface area contributed by atoms with E-state index in [1.807, 2.05) is 35.9 Å². The number of amides is 1. The largest absolute Gasteiger partial charge is 0.350 e. The summed E-state index contributed by atoms with van der Waals surface area (Å²) in [5.41, 5.74) is 0.915. The Morgan fingerprint density at radius 2 is 1.82 bits per heavy atom. The van der Waals surface area contributed by atoms with Gasteiger partial charge in [0.05, 0.1) is 10.8 Å². The van der Waals surface area contributed by atoms with E-state index in [1.165, 1.54) is 50.3 Å². The van der Waals surface area contributed by atoms with E-state index in [-0.39, 0.29) is 11.4 Å². The van der Waals surface area contributed by atoms with Crippen molar-refractivity contribution in [3.8, 4) is 11.4 Å². The van der Waals surface area contributed by atoms with Gasteiger partial charge in [-0.3, -0.25) is 4.79 Å². The molecule has 1 aromatic heterocycles. The van der Waals surface area contributed by atoms with Gasteiger partial charge in [-0.05, 0) is 68.4 Å². The number of hydrogen-bond acceptors (Lipinski definition) is 4. The fourth-order valence-electron chi connectivity index (χ4n) is 6.04. The van der Waals surface area contributed by atoms with Gasteiger partial charge in [-0.2, -0.15) is 0 Å². The van der Waals surface area contributed by atoms with Crippen LogP contribution in [0.4, 0.5) is 0 Å². The van der Waals surface area contributed by atoms with Crippen molar-refractivity contribution in [2.75, 3.05) is 5.75 Å². The number of aromatic nitrogens is 3. The van der Waals surface area contributed by atoms with Crippen molar-refractivity contribution >= 4 is 29.3 Å². The van der Waals surface area contributed by atoms with Crippen molar-refractivity contribution in [2.24, 2.45) is 24.8 Å². The molecule has 4 saturated carbocycles. The van der Waals surface area contributed by atoms with Gasteiger partial charge >= 0.3 is 0 Å². The van der Waals surface area contributed by atoms with Gasteiger partial charge in [-0.15, -0.1) is 10.2 Å². The smallest absolute Gasteiger partial charge is 0.230 e. The van der Waals surface area contributed by atoms with E-state index in [2.05, 4.69) is 15.5 Å². The van der Waals surface area contributed by atoms with Crippen LogP contribution in [0.2, 0.25) is 5.02 Å². The van der Waals surface area contributed by atoms with Crippen LogP contribution in [0.15, 0.2) is 29.4 Å². The molecule has 6 rings (SSSR count). The SMILES string of the molecule is Cn1c(SCC(=O)NC23CC4CC(CC(C4)C2)C3)nnc1-c1ccccc1Cl. The van der Waals surface area contributed by atoms with Crippen molar-refractivity contribution in [2.45, 2.75) is 49.2 Å². The zero-order chi connectivity index (χ0) is 19.3. The number of nitrogens with zero attached hydrogens (tertiary/aromatic N) is 3. The number of benzene rings is 1. The summed E-state index contributed by atoms with van der Waals surface area (Å²) in [6, 6.07) is 7.60. The molecule has 0 radical (unpaired) electrons. The fourth-order valence-corrected chi connectivity index (χ4v) is 6.97. The standard InChI is InChI=1S/C21H25ClN4OS/c1-26-19(16-4-2-3-5-17(16)22)24-25-20(26)28-12-18(27)23-21-9-13-6-14(10-21)8-15(7-13)11-21/h2-5,13-15H,6-12H2,1H3,(H,23,27). The topological polar surface area (TPSA) is 59.8 Å². The van der Waals surface area contributed by atoms with Crippen LogP contribution in [0, 0.1) is 17.8 Å². The third-order valence-corrected chi connectivity index (χ3v) is 8.07. The summed E-state index contributed by atoms with van der Waals surface area (Å²) < 4.78 is 1.91. The molecular formula is C21H25ClN4OS. The van der Waals surface area contributed by atoms with Crippen molar-refractivity contribution in [3.05, 3.63) is 29.3 Å². The molecule has 4 aliphatic carbocycles. The van der Waals surface area contributed by atoms with Gasteiger partial charge in [-0.25, -0.2) is 0 Å². The Morgan fingerprint density at radius 1 is 1.18 bits per heavy atom. The zero-order valence-electron chi connectivity index (χ0n) is 16.0. The minimum atomic E-state index is 0.0645. The highest BCUT2D eigenvalue weighted by atomic mass is 35.5. The van der Waals surface area contributed by atoms with Crippen molar-refractivity contribution in [3.63, 3.8) is 0 Å². The fraction of sp³-hybridized carbons (Fsp3) is 0.571. The first kappa shape index (κ1) is 18.5. The van der Waals surface area contributed by atoms with E-state index in [1.54, 1.807) is 0 Å². The quantitative estimate of drug-likeness (QED) is 0.737. The second kappa shape index (κ2) is 7.06. The molecule has 2 aromatic rings. The lowest BCUT2D eigenvalue weighted by Crippen LogP contribution is -2.60. The van der Waals surface area contributed by atoms with Gasteiger partial charge in [0.15, 0.2) is 11.0 Å². The first-order valence-electron chi connectivity index (χ1n) is 10.1. The van der Waals surface area contributed by atoms with Crippen molar-refractivity contribution in [1.29, 1.82) is 0 Å². The first-order chi connectivity index (χ1) is 13.5. The summed E-state index contributed by atoms with van der Waals surface area (Å²) >= 11 is 7.73. The third-order valence-electron chi connectivity index (χ3n) is 6.72. The lowest BCUT2D eigenvalue weighted by molar-refractivity contribution is -0.124. The molecule has 1 aromatic carbocycles. The monoisotopic (exact) mass is 416 g/mol. The molecular weight excluding hydrogens is 392 g/mol. The molecule has 4 fully saturated rings. The summed E-state index contributed by atoms with van der Waals surface area (Å²) in [6.07, 6.45) is 7.68. The summed E-state index contributed by atoms with van der Waals surface area (Å²) in [5, 5.41) is 13.4. The molecule has 0 unspecified atom stereocenters. The number of rotatable bonds is 5. The summed E-state index contributed by atoms with van der Waals surface area (Å²) in [6.45, 7) is 0. The van der Waals surface area contributed by atoms with Gasteiger partial charge in [0, 0.05) is 18.2 Å². The van der Waals surface area contributed by atoms with Gasteiger partial charge in [0.25, 0.3) is 0 Å². The highest BCUT2D eigenvalue weighted by molar-refractivity contribution is 7.99. The molecule has 4 aliphatic rings. The highest BCUT2D eigenvalue weighted by Gasteiger charge is 2.51. The minimum Gasteiger partial charge on any atom is -0.350 e. The van der Waals surface area contributed by atoms with Crippen molar-refractivity contribution in [1.82, 2.24) is 20.1 Å². The van der Waals surface area contributed by atoms with E-state index < -0.39 is 0 Å². The molecule has 28 heavy (non-hydrogen) atoms. The molecule has 0 aliphatic heterocycles. The Labute approximate surface area is 174 Å². The number of carbonyl (C=O) groups excluding carboxylic acids is 1. The van der Waals surface area contributed by atoms with E-state index in [0.717, 1.165) is 34.3 Å². The van der Waals surface area contributed by atoms with E-state index in [0.29, 0.717) is 10.8 Å². The molecule has 5 nitrogen and oxygen atoms in total. The van der Waals surface area contributed by atoms with E-state index in [4.69, 9.17) is 11.6 Å². The Bertz CT molecular complexity index is 876. The summed E-state index contributed by atoms with van der Waals surface area (Å²) in [4.78, 5) is 12.7. The van der Waals surface area contributed by atoms with Crippen LogP contribution in [-0.4, -0.2) is 32.0 Å². The van der Waals surface area contributed by atoms with Gasteiger partial charge in [0.1, 0.15) is 0 Å². The van der Waals surface area contributed by atoms with Crippen LogP contribution >= 0.6 is 23.4 Å². The van der Waals surface area contributed by atoms with Crippen LogP contribution in [0.1, 0.15) is 38.5 Å². The second-order valence-corrected chi connectivity index (χ2v) is 10.2. The third kappa shape index (κ3) is 3.35. The lowest BCUT2D eigenvalue weighted by atomic mass is 9.53. The van der Waals surface area contributed by atoms with E-state index >= 15 is 0 Å². The maximum atomic E-state index is 12.7. The maximum Gasteiger partial charge on any atom is 0.230 e. The van der Waals surface area contributed by atoms with Crippen molar-refractivity contribution < 1.29 is 4.79 Å². The average Bonchev–Trinajstić information content (AvgIpc) is 2.99. The lowest BCUT2D eigenvalue weighted by Gasteiger charge is -2.56. The molecule has 1 amide bonds. The van der Waals surface area contributed by atoms with Crippen LogP contribution < -0.4 is 5.32 Å². The predicted octanol–water partition coefficient (Wildman–Crippen LogP) is 4.31. The molecule has 148 valence electrons. The molecule has 0 atom stereocenters. The number of halogens is 1. The number of thioether (sulfide) groups is 1. The minimum absolute atomic E-state index is 0.0645. The predicted molar refractivity (Wildman–Crippen MR) is 111 cm³/mol. The Kier molecular flexibility index (Phi) is 4.67. The number of nitrogens with one attached hydrogen (secondary N) is 1.